The van der Waals surface area contributed by atoms with Gasteiger partial charge in [0.15, 0.2) is 0 Å². The number of hydrogen-bond acceptors (Lipinski definition) is 6. The summed E-state index contributed by atoms with van der Waals surface area (Å²) in [4.78, 5) is 14.3. The summed E-state index contributed by atoms with van der Waals surface area (Å²) in [5, 5.41) is 18.2. The molecule has 21 heavy (non-hydrogen) atoms. The van der Waals surface area contributed by atoms with E-state index in [0.29, 0.717) is 12.4 Å². The number of aromatic nitrogens is 3. The van der Waals surface area contributed by atoms with Crippen molar-refractivity contribution in [3.63, 3.8) is 0 Å². The first-order valence-corrected chi connectivity index (χ1v) is 6.62. The third kappa shape index (κ3) is 3.91. The Balaban J connectivity index is 1.89. The fourth-order valence-corrected chi connectivity index (χ4v) is 2.08. The van der Waals surface area contributed by atoms with Crippen molar-refractivity contribution in [3.8, 4) is 0 Å². The number of nitro groups is 1. The average Bonchev–Trinajstić information content (AvgIpc) is 2.72. The molecule has 0 unspecified atom stereocenters. The van der Waals surface area contributed by atoms with Crippen molar-refractivity contribution in [1.29, 1.82) is 0 Å². The van der Waals surface area contributed by atoms with Gasteiger partial charge in [-0.05, 0) is 26.3 Å². The summed E-state index contributed by atoms with van der Waals surface area (Å²) in [5.41, 5.74) is 7.59. The van der Waals surface area contributed by atoms with E-state index in [1.54, 1.807) is 0 Å². The van der Waals surface area contributed by atoms with E-state index in [4.69, 9.17) is 5.73 Å². The molecule has 0 aliphatic carbocycles. The number of aryl methyl sites for hydroxylation is 3. The third-order valence-electron chi connectivity index (χ3n) is 3.00. The normalized spacial score (nSPS) is 10.6. The van der Waals surface area contributed by atoms with Crippen LogP contribution in [0.15, 0.2) is 18.2 Å². The molecule has 0 fully saturated rings. The second-order valence-electron chi connectivity index (χ2n) is 4.82. The van der Waals surface area contributed by atoms with Gasteiger partial charge in [0, 0.05) is 18.8 Å². The lowest BCUT2D eigenvalue weighted by Gasteiger charge is -2.07. The topological polar surface area (TPSA) is 112 Å². The van der Waals surface area contributed by atoms with Gasteiger partial charge < -0.3 is 11.1 Å². The van der Waals surface area contributed by atoms with Crippen LogP contribution >= 0.6 is 0 Å². The summed E-state index contributed by atoms with van der Waals surface area (Å²) >= 11 is 0. The fraction of sp³-hybridized carbons (Fsp3) is 0.385. The average molecular weight is 290 g/mol. The largest absolute Gasteiger partial charge is 0.383 e. The number of anilines is 2. The molecule has 2 aromatic rings. The molecular formula is C13H18N6O2. The van der Waals surface area contributed by atoms with E-state index in [1.165, 1.54) is 12.1 Å². The van der Waals surface area contributed by atoms with Crippen LogP contribution in [0.3, 0.4) is 0 Å². The Morgan fingerprint density at radius 3 is 2.76 bits per heavy atom. The minimum Gasteiger partial charge on any atom is -0.383 e. The highest BCUT2D eigenvalue weighted by Crippen LogP contribution is 2.18. The first-order valence-electron chi connectivity index (χ1n) is 6.62. The highest BCUT2D eigenvalue weighted by Gasteiger charge is 2.09. The molecule has 0 spiro atoms. The summed E-state index contributed by atoms with van der Waals surface area (Å²) in [7, 11) is 0. The quantitative estimate of drug-likeness (QED) is 0.477. The van der Waals surface area contributed by atoms with E-state index in [-0.39, 0.29) is 11.5 Å². The molecule has 0 amide bonds. The summed E-state index contributed by atoms with van der Waals surface area (Å²) < 4.78 is 1.94. The van der Waals surface area contributed by atoms with Gasteiger partial charge in [0.25, 0.3) is 5.69 Å². The van der Waals surface area contributed by atoms with Crippen molar-refractivity contribution in [2.75, 3.05) is 17.6 Å². The summed E-state index contributed by atoms with van der Waals surface area (Å²) in [6, 6.07) is 4.64. The lowest BCUT2D eigenvalue weighted by molar-refractivity contribution is -0.384. The minimum absolute atomic E-state index is 0.0662. The molecule has 0 saturated carbocycles. The van der Waals surface area contributed by atoms with Gasteiger partial charge in [-0.1, -0.05) is 0 Å². The van der Waals surface area contributed by atoms with E-state index in [0.717, 1.165) is 24.4 Å². The smallest absolute Gasteiger partial charge is 0.276 e. The zero-order valence-corrected chi connectivity index (χ0v) is 12.0. The number of nitrogens with one attached hydrogen (secondary N) is 1. The Kier molecular flexibility index (Phi) is 4.36. The highest BCUT2D eigenvalue weighted by molar-refractivity contribution is 5.52. The van der Waals surface area contributed by atoms with Gasteiger partial charge in [-0.2, -0.15) is 5.10 Å². The molecule has 112 valence electrons. The van der Waals surface area contributed by atoms with Crippen LogP contribution < -0.4 is 11.1 Å². The molecular weight excluding hydrogens is 272 g/mol. The molecule has 0 aromatic carbocycles. The zero-order valence-electron chi connectivity index (χ0n) is 12.0. The molecule has 8 nitrogen and oxygen atoms in total. The van der Waals surface area contributed by atoms with E-state index in [2.05, 4.69) is 15.4 Å². The second-order valence-corrected chi connectivity index (χ2v) is 4.82. The Labute approximate surface area is 122 Å². The molecule has 3 N–H and O–H groups in total. The standard InChI is InChI=1S/C13H18N6O2/c1-9-6-10(2)18(17-9)5-3-4-15-13-8-11(19(20)21)7-12(14)16-13/h6-8H,3-5H2,1-2H3,(H3,14,15,16). The Morgan fingerprint density at radius 2 is 2.14 bits per heavy atom. The highest BCUT2D eigenvalue weighted by atomic mass is 16.6. The molecule has 0 bridgehead atoms. The minimum atomic E-state index is -0.487. The maximum absolute atomic E-state index is 10.7. The van der Waals surface area contributed by atoms with Gasteiger partial charge in [-0.25, -0.2) is 4.98 Å². The fourth-order valence-electron chi connectivity index (χ4n) is 2.08. The van der Waals surface area contributed by atoms with Crippen LogP contribution in [0, 0.1) is 24.0 Å². The van der Waals surface area contributed by atoms with Crippen LogP contribution in [0.2, 0.25) is 0 Å². The molecule has 0 aliphatic heterocycles. The van der Waals surface area contributed by atoms with Crippen LogP contribution in [0.4, 0.5) is 17.3 Å². The number of pyridine rings is 1. The van der Waals surface area contributed by atoms with Crippen LogP contribution in [-0.2, 0) is 6.54 Å². The first-order chi connectivity index (χ1) is 9.95. The Hall–Kier alpha value is -2.64. The Bertz CT molecular complexity index is 652. The van der Waals surface area contributed by atoms with Crippen LogP contribution in [-0.4, -0.2) is 26.2 Å². The lowest BCUT2D eigenvalue weighted by Crippen LogP contribution is -2.10. The molecule has 0 saturated heterocycles. The maximum atomic E-state index is 10.7. The maximum Gasteiger partial charge on any atom is 0.276 e. The van der Waals surface area contributed by atoms with E-state index in [9.17, 15) is 10.1 Å². The monoisotopic (exact) mass is 290 g/mol. The van der Waals surface area contributed by atoms with Gasteiger partial charge >= 0.3 is 0 Å². The molecule has 0 radical (unpaired) electrons. The number of nitrogens with zero attached hydrogens (tertiary/aromatic N) is 4. The van der Waals surface area contributed by atoms with Crippen molar-refractivity contribution in [3.05, 3.63) is 39.7 Å². The van der Waals surface area contributed by atoms with E-state index >= 15 is 0 Å². The number of hydrogen-bond donors (Lipinski definition) is 2. The van der Waals surface area contributed by atoms with Gasteiger partial charge in [0.05, 0.1) is 22.7 Å². The SMILES string of the molecule is Cc1cc(C)n(CCCNc2cc([N+](=O)[O-])cc(N)n2)n1. The molecule has 2 heterocycles. The number of nitrogen functional groups attached to an aromatic ring is 1. The zero-order chi connectivity index (χ0) is 15.4. The molecule has 0 aliphatic rings. The van der Waals surface area contributed by atoms with Crippen molar-refractivity contribution < 1.29 is 4.92 Å². The summed E-state index contributed by atoms with van der Waals surface area (Å²) in [5.74, 6) is 0.542. The molecule has 2 aromatic heterocycles. The number of nitrogens with two attached hydrogens (primary N) is 1. The predicted molar refractivity (Wildman–Crippen MR) is 80.1 cm³/mol. The molecule has 8 heteroatoms. The summed E-state index contributed by atoms with van der Waals surface area (Å²) in [6.45, 7) is 5.37. The van der Waals surface area contributed by atoms with Crippen LogP contribution in [0.5, 0.6) is 0 Å². The second kappa shape index (κ2) is 6.21. The van der Waals surface area contributed by atoms with Crippen LogP contribution in [0.1, 0.15) is 17.8 Å². The van der Waals surface area contributed by atoms with E-state index < -0.39 is 4.92 Å². The van der Waals surface area contributed by atoms with Crippen molar-refractivity contribution >= 4 is 17.3 Å². The summed E-state index contributed by atoms with van der Waals surface area (Å²) in [6.07, 6.45) is 0.826. The van der Waals surface area contributed by atoms with Gasteiger partial charge in [0.2, 0.25) is 0 Å². The van der Waals surface area contributed by atoms with E-state index in [1.807, 2.05) is 24.6 Å². The third-order valence-corrected chi connectivity index (χ3v) is 3.00. The van der Waals surface area contributed by atoms with Crippen molar-refractivity contribution in [1.82, 2.24) is 14.8 Å². The lowest BCUT2D eigenvalue weighted by atomic mass is 10.3. The van der Waals surface area contributed by atoms with Gasteiger partial charge in [-0.3, -0.25) is 14.8 Å². The number of rotatable bonds is 6. The van der Waals surface area contributed by atoms with Crippen LogP contribution in [0.25, 0.3) is 0 Å². The Morgan fingerprint density at radius 1 is 1.38 bits per heavy atom. The van der Waals surface area contributed by atoms with Gasteiger partial charge in [-0.15, -0.1) is 0 Å². The van der Waals surface area contributed by atoms with Crippen molar-refractivity contribution in [2.45, 2.75) is 26.8 Å². The van der Waals surface area contributed by atoms with Crippen molar-refractivity contribution in [2.24, 2.45) is 0 Å². The molecule has 2 rings (SSSR count). The first kappa shape index (κ1) is 14.8. The predicted octanol–water partition coefficient (Wildman–Crippen LogP) is 1.89. The van der Waals surface area contributed by atoms with Gasteiger partial charge in [0.1, 0.15) is 11.6 Å². The molecule has 0 atom stereocenters.